The molecule has 2 aromatic rings. The number of pyridine rings is 1. The van der Waals surface area contributed by atoms with Gasteiger partial charge in [0.05, 0.1) is 24.1 Å². The number of nitrogens with zero attached hydrogens (tertiary/aromatic N) is 3. The Bertz CT molecular complexity index is 747. The second-order valence-electron chi connectivity index (χ2n) is 5.61. The van der Waals surface area contributed by atoms with Crippen LogP contribution in [0, 0.1) is 0 Å². The third kappa shape index (κ3) is 3.69. The van der Waals surface area contributed by atoms with Gasteiger partial charge in [-0.25, -0.2) is 15.0 Å². The lowest BCUT2D eigenvalue weighted by atomic mass is 10.1. The lowest BCUT2D eigenvalue weighted by molar-refractivity contribution is 0.00694. The highest BCUT2D eigenvalue weighted by molar-refractivity contribution is 6.29. The van der Waals surface area contributed by atoms with Crippen LogP contribution in [-0.2, 0) is 4.74 Å². The fourth-order valence-electron chi connectivity index (χ4n) is 2.48. The van der Waals surface area contributed by atoms with Crippen molar-refractivity contribution in [2.24, 2.45) is 0 Å². The van der Waals surface area contributed by atoms with Gasteiger partial charge in [0.25, 0.3) is 5.91 Å². The molecule has 1 saturated heterocycles. The van der Waals surface area contributed by atoms with E-state index in [1.54, 1.807) is 19.2 Å². The number of carbonyl (C=O) groups excluding carboxylic acids is 1. The van der Waals surface area contributed by atoms with Gasteiger partial charge in [0.1, 0.15) is 17.2 Å². The summed E-state index contributed by atoms with van der Waals surface area (Å²) >= 11 is 6.17. The predicted octanol–water partition coefficient (Wildman–Crippen LogP) is 1.60. The topological polar surface area (TPSA) is 89.0 Å². The predicted molar refractivity (Wildman–Crippen MR) is 89.8 cm³/mol. The number of hydrogen-bond donors (Lipinski definition) is 2. The first kappa shape index (κ1) is 16.8. The fraction of sp³-hybridized carbons (Fsp3) is 0.375. The van der Waals surface area contributed by atoms with E-state index in [0.29, 0.717) is 35.7 Å². The molecule has 3 rings (SSSR count). The molecule has 0 aliphatic carbocycles. The maximum Gasteiger partial charge on any atom is 0.269 e. The molecule has 126 valence electrons. The molecule has 2 aromatic heterocycles. The molecule has 3 heterocycles. The van der Waals surface area contributed by atoms with Gasteiger partial charge < -0.3 is 15.4 Å². The van der Waals surface area contributed by atoms with Crippen molar-refractivity contribution in [2.75, 3.05) is 20.2 Å². The standard InChI is InChI=1S/C16H18ClN5O2/c1-9-7-24-14(6-19-9)10-3-12(22-15(17)4-10)11-5-13(16(23)18-2)21-8-20-11/h3-5,8-9,14,19H,6-7H2,1-2H3,(H,18,23)/t9-,14-/m0/s1. The summed E-state index contributed by atoms with van der Waals surface area (Å²) in [6.07, 6.45) is 1.24. The van der Waals surface area contributed by atoms with Crippen LogP contribution in [0.5, 0.6) is 0 Å². The van der Waals surface area contributed by atoms with Gasteiger partial charge in [0.15, 0.2) is 0 Å². The van der Waals surface area contributed by atoms with E-state index in [1.165, 1.54) is 6.33 Å². The van der Waals surface area contributed by atoms with E-state index >= 15 is 0 Å². The SMILES string of the molecule is CNC(=O)c1cc(-c2cc([C@@H]3CN[C@@H](C)CO3)cc(Cl)n2)ncn1. The summed E-state index contributed by atoms with van der Waals surface area (Å²) in [6, 6.07) is 5.58. The van der Waals surface area contributed by atoms with Crippen LogP contribution in [0.25, 0.3) is 11.4 Å². The van der Waals surface area contributed by atoms with Gasteiger partial charge in [0, 0.05) is 19.6 Å². The monoisotopic (exact) mass is 347 g/mol. The van der Waals surface area contributed by atoms with Crippen LogP contribution >= 0.6 is 11.6 Å². The Kier molecular flexibility index (Phi) is 5.03. The first-order valence-corrected chi connectivity index (χ1v) is 8.01. The lowest BCUT2D eigenvalue weighted by Gasteiger charge is -2.28. The number of rotatable bonds is 3. The van der Waals surface area contributed by atoms with E-state index in [9.17, 15) is 4.79 Å². The fourth-order valence-corrected chi connectivity index (χ4v) is 2.70. The Morgan fingerprint density at radius 1 is 1.33 bits per heavy atom. The van der Waals surface area contributed by atoms with Crippen molar-refractivity contribution in [3.8, 4) is 11.4 Å². The Labute approximate surface area is 144 Å². The zero-order chi connectivity index (χ0) is 17.1. The number of halogens is 1. The van der Waals surface area contributed by atoms with E-state index in [2.05, 4.69) is 32.5 Å². The maximum atomic E-state index is 11.7. The summed E-state index contributed by atoms with van der Waals surface area (Å²) < 4.78 is 5.86. The summed E-state index contributed by atoms with van der Waals surface area (Å²) in [4.78, 5) is 24.2. The molecule has 0 bridgehead atoms. The molecule has 1 fully saturated rings. The van der Waals surface area contributed by atoms with Crippen LogP contribution in [0.3, 0.4) is 0 Å². The van der Waals surface area contributed by atoms with Crippen LogP contribution in [0.4, 0.5) is 0 Å². The minimum atomic E-state index is -0.283. The molecule has 1 aliphatic heterocycles. The molecule has 24 heavy (non-hydrogen) atoms. The van der Waals surface area contributed by atoms with Crippen molar-refractivity contribution in [3.05, 3.63) is 40.9 Å². The van der Waals surface area contributed by atoms with E-state index in [1.807, 2.05) is 6.07 Å². The average molecular weight is 348 g/mol. The maximum absolute atomic E-state index is 11.7. The molecule has 7 nitrogen and oxygen atoms in total. The third-order valence-electron chi connectivity index (χ3n) is 3.78. The van der Waals surface area contributed by atoms with Gasteiger partial charge in [-0.05, 0) is 30.7 Å². The molecule has 0 aromatic carbocycles. The number of carbonyl (C=O) groups is 1. The molecule has 0 radical (unpaired) electrons. The largest absolute Gasteiger partial charge is 0.371 e. The lowest BCUT2D eigenvalue weighted by Crippen LogP contribution is -2.40. The number of ether oxygens (including phenoxy) is 1. The summed E-state index contributed by atoms with van der Waals surface area (Å²) in [5.74, 6) is -0.283. The van der Waals surface area contributed by atoms with Gasteiger partial charge in [-0.3, -0.25) is 4.79 Å². The quantitative estimate of drug-likeness (QED) is 0.820. The van der Waals surface area contributed by atoms with E-state index in [4.69, 9.17) is 16.3 Å². The molecule has 1 amide bonds. The van der Waals surface area contributed by atoms with Gasteiger partial charge in [0.2, 0.25) is 0 Å². The van der Waals surface area contributed by atoms with Crippen LogP contribution < -0.4 is 10.6 Å². The van der Waals surface area contributed by atoms with Crippen molar-refractivity contribution >= 4 is 17.5 Å². The molecule has 0 unspecified atom stereocenters. The minimum absolute atomic E-state index is 0.0966. The van der Waals surface area contributed by atoms with Crippen LogP contribution in [0.1, 0.15) is 29.1 Å². The van der Waals surface area contributed by atoms with E-state index in [-0.39, 0.29) is 17.7 Å². The van der Waals surface area contributed by atoms with Crippen molar-refractivity contribution in [1.29, 1.82) is 0 Å². The molecule has 8 heteroatoms. The van der Waals surface area contributed by atoms with Crippen molar-refractivity contribution in [2.45, 2.75) is 19.1 Å². The molecule has 0 spiro atoms. The Morgan fingerprint density at radius 2 is 2.17 bits per heavy atom. The average Bonchev–Trinajstić information content (AvgIpc) is 2.61. The van der Waals surface area contributed by atoms with Gasteiger partial charge in [-0.15, -0.1) is 0 Å². The summed E-state index contributed by atoms with van der Waals surface area (Å²) in [6.45, 7) is 3.41. The van der Waals surface area contributed by atoms with Gasteiger partial charge in [-0.1, -0.05) is 11.6 Å². The first-order valence-electron chi connectivity index (χ1n) is 7.64. The highest BCUT2D eigenvalue weighted by Gasteiger charge is 2.21. The molecule has 1 aliphatic rings. The molecular formula is C16H18ClN5O2. The van der Waals surface area contributed by atoms with Gasteiger partial charge in [-0.2, -0.15) is 0 Å². The van der Waals surface area contributed by atoms with Gasteiger partial charge >= 0.3 is 0 Å². The van der Waals surface area contributed by atoms with Crippen LogP contribution in [-0.4, -0.2) is 47.1 Å². The molecule has 2 N–H and O–H groups in total. The Hall–Kier alpha value is -2.09. The highest BCUT2D eigenvalue weighted by Crippen LogP contribution is 2.26. The van der Waals surface area contributed by atoms with Crippen LogP contribution in [0.2, 0.25) is 5.15 Å². The minimum Gasteiger partial charge on any atom is -0.371 e. The second kappa shape index (κ2) is 7.21. The van der Waals surface area contributed by atoms with Crippen molar-refractivity contribution in [1.82, 2.24) is 25.6 Å². The van der Waals surface area contributed by atoms with Crippen LogP contribution in [0.15, 0.2) is 24.5 Å². The normalized spacial score (nSPS) is 20.6. The van der Waals surface area contributed by atoms with E-state index < -0.39 is 0 Å². The number of aromatic nitrogens is 3. The molecule has 2 atom stereocenters. The smallest absolute Gasteiger partial charge is 0.269 e. The van der Waals surface area contributed by atoms with E-state index in [0.717, 1.165) is 5.56 Å². The third-order valence-corrected chi connectivity index (χ3v) is 3.97. The number of hydrogen-bond acceptors (Lipinski definition) is 6. The number of amides is 1. The molecule has 0 saturated carbocycles. The second-order valence-corrected chi connectivity index (χ2v) is 5.99. The zero-order valence-electron chi connectivity index (χ0n) is 13.4. The summed E-state index contributed by atoms with van der Waals surface area (Å²) in [5.41, 5.74) is 2.30. The molecular weight excluding hydrogens is 330 g/mol. The number of nitrogens with one attached hydrogen (secondary N) is 2. The number of morpholine rings is 1. The summed E-state index contributed by atoms with van der Waals surface area (Å²) in [5, 5.41) is 6.26. The highest BCUT2D eigenvalue weighted by atomic mass is 35.5. The Balaban J connectivity index is 1.93. The zero-order valence-corrected chi connectivity index (χ0v) is 14.2. The van der Waals surface area contributed by atoms with Crippen molar-refractivity contribution < 1.29 is 9.53 Å². The summed E-state index contributed by atoms with van der Waals surface area (Å²) in [7, 11) is 1.55. The van der Waals surface area contributed by atoms with Crippen molar-refractivity contribution in [3.63, 3.8) is 0 Å². The first-order chi connectivity index (χ1) is 11.6. The Morgan fingerprint density at radius 3 is 2.88 bits per heavy atom.